The van der Waals surface area contributed by atoms with Crippen LogP contribution < -0.4 is 11.5 Å². The van der Waals surface area contributed by atoms with Crippen LogP contribution in [0, 0.1) is 5.92 Å². The molecule has 2 aliphatic heterocycles. The molecule has 0 amide bonds. The van der Waals surface area contributed by atoms with Crippen LogP contribution in [-0.2, 0) is 32.2 Å². The van der Waals surface area contributed by atoms with Gasteiger partial charge in [-0.2, -0.15) is 0 Å². The zero-order valence-corrected chi connectivity index (χ0v) is 26.2. The molecule has 6 heterocycles. The highest BCUT2D eigenvalue weighted by molar-refractivity contribution is 8.44. The molecule has 7 rings (SSSR count). The number of rotatable bonds is 10. The molecule has 22 heteroatoms. The van der Waals surface area contributed by atoms with Crippen molar-refractivity contribution >= 4 is 61.3 Å². The summed E-state index contributed by atoms with van der Waals surface area (Å²) < 4.78 is 57.1. The Labute approximate surface area is 259 Å². The number of aliphatic hydroxyl groups is 1. The van der Waals surface area contributed by atoms with Crippen molar-refractivity contribution in [2.75, 3.05) is 24.7 Å². The molecule has 1 unspecified atom stereocenters. The Morgan fingerprint density at radius 3 is 2.38 bits per heavy atom. The molecule has 2 fully saturated rings. The van der Waals surface area contributed by atoms with Gasteiger partial charge in [-0.1, -0.05) is 12.2 Å². The Kier molecular flexibility index (Phi) is 7.33. The fraction of sp³-hybridized carbons (Fsp3) is 0.478. The van der Waals surface area contributed by atoms with Crippen LogP contribution in [0.5, 0.6) is 0 Å². The van der Waals surface area contributed by atoms with Crippen LogP contribution in [0.1, 0.15) is 38.6 Å². The molecule has 2 bridgehead atoms. The molecule has 240 valence electrons. The van der Waals surface area contributed by atoms with Crippen LogP contribution >= 0.6 is 27.3 Å². The highest BCUT2D eigenvalue weighted by atomic mass is 32.7. The first-order valence-corrected chi connectivity index (χ1v) is 17.5. The number of fused-ring (bicyclic) bond motifs is 4. The predicted octanol–water partition coefficient (Wildman–Crippen LogP) is 2.43. The summed E-state index contributed by atoms with van der Waals surface area (Å²) in [6.45, 7) is -3.56. The summed E-state index contributed by atoms with van der Waals surface area (Å²) in [6.07, 6.45) is 5.90. The van der Waals surface area contributed by atoms with Gasteiger partial charge >= 0.3 is 15.1 Å². The minimum Gasteiger partial charge on any atom is -0.505 e. The van der Waals surface area contributed by atoms with Crippen LogP contribution in [0.15, 0.2) is 36.8 Å². The molecule has 4 aromatic heterocycles. The Hall–Kier alpha value is -3.35. The van der Waals surface area contributed by atoms with Crippen LogP contribution in [0.4, 0.5) is 11.6 Å². The van der Waals surface area contributed by atoms with Gasteiger partial charge in [0.05, 0.1) is 31.5 Å². The standard InChI is InChI=1S/C23H28N10O9P2S/c1-22(5-39-44(36,37)45)15(14(34)21(40-22)33-10-31-13-17(25)27-8-29-19(13)33)42-43(35)38-6-23-3-2-11(4-23)20(41-23)32-9-30-12-16(24)26-7-28-18(12)32/h7-11,20-21,34,43H,2-6H2,1H3,(H2,24,26,28)(H2,25,27,29)(H2,36,37,45)/t11-,20-,21-,22-,23+/m1/s1. The van der Waals surface area contributed by atoms with Gasteiger partial charge in [-0.25, -0.2) is 39.0 Å². The van der Waals surface area contributed by atoms with Gasteiger partial charge in [-0.15, -0.1) is 0 Å². The summed E-state index contributed by atoms with van der Waals surface area (Å²) in [4.78, 5) is 34.5. The van der Waals surface area contributed by atoms with Crippen LogP contribution in [-0.4, -0.2) is 73.5 Å². The molecule has 1 aliphatic carbocycles. The summed E-state index contributed by atoms with van der Waals surface area (Å²) >= 11 is 3.54. The molecule has 3 aliphatic rings. The molecule has 0 aromatic carbocycles. The number of hydrogen-bond donors (Lipinski definition) is 5. The monoisotopic (exact) mass is 682 g/mol. The third-order valence-electron chi connectivity index (χ3n) is 8.15. The van der Waals surface area contributed by atoms with Crippen molar-refractivity contribution in [3.05, 3.63) is 36.8 Å². The van der Waals surface area contributed by atoms with Crippen molar-refractivity contribution in [3.8, 4) is 0 Å². The smallest absolute Gasteiger partial charge is 0.383 e. The third kappa shape index (κ3) is 5.34. The topological polar surface area (TPSA) is 260 Å². The van der Waals surface area contributed by atoms with Crippen molar-refractivity contribution in [1.82, 2.24) is 39.0 Å². The number of aromatic nitrogens is 8. The van der Waals surface area contributed by atoms with Gasteiger partial charge in [0.25, 0.3) is 0 Å². The highest BCUT2D eigenvalue weighted by Crippen LogP contribution is 2.55. The highest BCUT2D eigenvalue weighted by Gasteiger charge is 2.54. The largest absolute Gasteiger partial charge is 0.505 e. The number of nitrogens with two attached hydrogens (primary N) is 2. The molecule has 1 saturated carbocycles. The van der Waals surface area contributed by atoms with Crippen LogP contribution in [0.3, 0.4) is 0 Å². The molecule has 1 saturated heterocycles. The number of hydrogen-bond acceptors (Lipinski definition) is 16. The first-order valence-electron chi connectivity index (χ1n) is 13.6. The summed E-state index contributed by atoms with van der Waals surface area (Å²) in [5.74, 6) is -0.369. The van der Waals surface area contributed by atoms with Gasteiger partial charge in [0, 0.05) is 5.92 Å². The lowest BCUT2D eigenvalue weighted by molar-refractivity contribution is -0.120. The Morgan fingerprint density at radius 2 is 1.71 bits per heavy atom. The molecular weight excluding hydrogens is 654 g/mol. The van der Waals surface area contributed by atoms with E-state index in [9.17, 15) is 19.1 Å². The Morgan fingerprint density at radius 1 is 1.07 bits per heavy atom. The van der Waals surface area contributed by atoms with E-state index in [0.29, 0.717) is 24.0 Å². The maximum atomic E-state index is 13.3. The molecular formula is C23H28N10O9P2S. The Bertz CT molecular complexity index is 1920. The van der Waals surface area contributed by atoms with Crippen molar-refractivity contribution in [1.29, 1.82) is 0 Å². The van der Waals surface area contributed by atoms with E-state index in [4.69, 9.17) is 34.5 Å². The lowest BCUT2D eigenvalue weighted by atomic mass is 10.0. The number of aliphatic hydroxyl groups excluding tert-OH is 1. The van der Waals surface area contributed by atoms with Gasteiger partial charge in [0.1, 0.15) is 29.9 Å². The third-order valence-corrected chi connectivity index (χ3v) is 9.71. The van der Waals surface area contributed by atoms with Gasteiger partial charge < -0.3 is 35.5 Å². The van der Waals surface area contributed by atoms with E-state index < -0.39 is 44.8 Å². The Balaban J connectivity index is 1.10. The summed E-state index contributed by atoms with van der Waals surface area (Å²) in [6, 6.07) is 0. The van der Waals surface area contributed by atoms with Crippen molar-refractivity contribution in [2.45, 2.75) is 49.8 Å². The normalized spacial score (nSPS) is 30.0. The quantitative estimate of drug-likeness (QED) is 0.119. The number of imidazole rings is 2. The van der Waals surface area contributed by atoms with Gasteiger partial charge in [-0.3, -0.25) is 18.2 Å². The van der Waals surface area contributed by atoms with E-state index in [1.165, 1.54) is 30.5 Å². The summed E-state index contributed by atoms with van der Waals surface area (Å²) in [5, 5.41) is 11.3. The lowest BCUT2D eigenvalue weighted by Crippen LogP contribution is -2.35. The van der Waals surface area contributed by atoms with E-state index in [-0.39, 0.29) is 47.3 Å². The number of thiol groups is 1. The van der Waals surface area contributed by atoms with E-state index in [1.54, 1.807) is 6.33 Å². The molecule has 45 heavy (non-hydrogen) atoms. The predicted molar refractivity (Wildman–Crippen MR) is 159 cm³/mol. The molecule has 0 spiro atoms. The second-order valence-electron chi connectivity index (χ2n) is 11.2. The number of anilines is 2. The van der Waals surface area contributed by atoms with Gasteiger partial charge in [0.15, 0.2) is 46.3 Å². The maximum absolute atomic E-state index is 13.3. The second-order valence-corrected chi connectivity index (χ2v) is 14.9. The van der Waals surface area contributed by atoms with E-state index in [0.717, 1.165) is 6.42 Å². The zero-order chi connectivity index (χ0) is 31.7. The summed E-state index contributed by atoms with van der Waals surface area (Å²) in [5.41, 5.74) is 10.8. The first kappa shape index (κ1) is 30.3. The van der Waals surface area contributed by atoms with Crippen LogP contribution in [0.25, 0.3) is 22.3 Å². The lowest BCUT2D eigenvalue weighted by Gasteiger charge is -2.31. The van der Waals surface area contributed by atoms with E-state index >= 15 is 0 Å². The number of ether oxygens (including phenoxy) is 2. The fourth-order valence-corrected chi connectivity index (χ4v) is 7.59. The molecule has 19 nitrogen and oxygen atoms in total. The molecule has 7 atom stereocenters. The molecule has 4 aromatic rings. The van der Waals surface area contributed by atoms with E-state index in [2.05, 4.69) is 42.2 Å². The SMILES string of the molecule is C[C@]1(CO[P@](=O)(O)S)O[C@@H](n2cnc3c(N)ncnc32)C(O)=C1O[PH](=O)OC[C@]12CC[C@H](C1)[C@H](n1cnc3c(N)ncnc31)O2. The summed E-state index contributed by atoms with van der Waals surface area (Å²) in [7, 11) is -3.36. The second kappa shape index (κ2) is 10.9. The first-order chi connectivity index (χ1) is 21.4. The van der Waals surface area contributed by atoms with E-state index in [1.807, 2.05) is 4.57 Å². The van der Waals surface area contributed by atoms with Crippen molar-refractivity contribution in [2.24, 2.45) is 5.92 Å². The van der Waals surface area contributed by atoms with Gasteiger partial charge in [0.2, 0.25) is 0 Å². The van der Waals surface area contributed by atoms with Crippen molar-refractivity contribution in [3.63, 3.8) is 0 Å². The minimum atomic E-state index is -4.29. The van der Waals surface area contributed by atoms with Crippen molar-refractivity contribution < 1.29 is 42.2 Å². The zero-order valence-electron chi connectivity index (χ0n) is 23.5. The van der Waals surface area contributed by atoms with Gasteiger partial charge in [-0.05, 0) is 26.2 Å². The molecule has 6 N–H and O–H groups in total. The number of nitrogen functional groups attached to an aromatic ring is 2. The average Bonchev–Trinajstić information content (AvgIpc) is 3.81. The molecule has 0 radical (unpaired) electrons. The van der Waals surface area contributed by atoms with Crippen LogP contribution in [0.2, 0.25) is 0 Å². The fourth-order valence-electron chi connectivity index (χ4n) is 6.08. The minimum absolute atomic E-state index is 0.0715. The maximum Gasteiger partial charge on any atom is 0.383 e. The number of nitrogens with zero attached hydrogens (tertiary/aromatic N) is 8. The average molecular weight is 683 g/mol.